The van der Waals surface area contributed by atoms with Gasteiger partial charge in [-0.05, 0) is 48.2 Å². The van der Waals surface area contributed by atoms with Crippen molar-refractivity contribution in [1.82, 2.24) is 41.2 Å². The second-order valence-electron chi connectivity index (χ2n) is 14.2. The Kier molecular flexibility index (Phi) is 23.8. The molecule has 2 aromatic heterocycles. The van der Waals surface area contributed by atoms with Gasteiger partial charge in [-0.15, -0.1) is 0 Å². The lowest BCUT2D eigenvalue weighted by Crippen LogP contribution is -2.42. The molecule has 0 bridgehead atoms. The van der Waals surface area contributed by atoms with E-state index in [1.165, 1.54) is 0 Å². The Bertz CT molecular complexity index is 2240. The predicted molar refractivity (Wildman–Crippen MR) is 260 cm³/mol. The fourth-order valence-electron chi connectivity index (χ4n) is 5.48. The average Bonchev–Trinajstić information content (AvgIpc) is 3.33. The van der Waals surface area contributed by atoms with Gasteiger partial charge in [0.1, 0.15) is 24.7 Å². The van der Waals surface area contributed by atoms with Crippen molar-refractivity contribution in [2.45, 2.75) is 12.8 Å². The lowest BCUT2D eigenvalue weighted by Gasteiger charge is -2.10. The van der Waals surface area contributed by atoms with Crippen molar-refractivity contribution < 1.29 is 47.6 Å². The average molecular weight is 1020 g/mol. The molecule has 0 aliphatic carbocycles. The molecule has 378 valence electrons. The topological polar surface area (TPSA) is 404 Å². The molecule has 28 heteroatoms. The third kappa shape index (κ3) is 20.5. The first kappa shape index (κ1) is 55.2. The van der Waals surface area contributed by atoms with Crippen molar-refractivity contribution >= 4 is 82.0 Å². The zero-order valence-electron chi connectivity index (χ0n) is 37.9. The lowest BCUT2D eigenvalue weighted by atomic mass is 10.1. The van der Waals surface area contributed by atoms with Gasteiger partial charge in [-0.1, -0.05) is 47.5 Å². The fourth-order valence-corrected chi connectivity index (χ4v) is 5.73. The number of hydrogen-bond donors (Lipinski definition) is 10. The van der Waals surface area contributed by atoms with E-state index in [4.69, 9.17) is 86.0 Å². The SMILES string of the molecule is NC(=NCCc1ccc(OCCOCCOCCNC(=O)C(=O)NCCOCCOCCOc2ccc(CCN=C(N)NC(=O)c3nc(Cl)c(N)nc3N)cc2)cc1)NC(=O)c1nc(Cl)c(N)nc1N. The minimum atomic E-state index is -0.783. The summed E-state index contributed by atoms with van der Waals surface area (Å²) in [6.07, 6.45) is 1.09. The van der Waals surface area contributed by atoms with Gasteiger partial charge in [0.2, 0.25) is 0 Å². The number of nitrogen functional groups attached to an aromatic ring is 4. The number of hydrogen-bond acceptors (Lipinski definition) is 20. The standard InChI is InChI=1S/C42H56Cl2N16O10/c43-31-35(47)57-33(45)29(55-31)37(61)59-41(49)53-11-9-25-1-5-27(6-2-25)69-23-21-67-19-17-65-15-13-51-39(63)40(64)52-14-16-66-18-20-68-22-24-70-28-7-3-26(4-8-28)10-12-54-42(50)60-38(62)30-34(46)58-36(48)32(44)56-30/h1-8H,9-24H2,(H,51,63)(H,52,64)(H4,45,47,57)(H4,46,48,58)(H3,49,53,59,61)(H3,50,54,60,62). The molecule has 2 heterocycles. The second-order valence-corrected chi connectivity index (χ2v) is 14.9. The van der Waals surface area contributed by atoms with Gasteiger partial charge in [0.05, 0.1) is 52.9 Å². The first-order valence-corrected chi connectivity index (χ1v) is 22.2. The van der Waals surface area contributed by atoms with E-state index in [9.17, 15) is 19.2 Å². The maximum atomic E-state index is 12.4. The Balaban J connectivity index is 0.905. The third-order valence-electron chi connectivity index (χ3n) is 8.94. The number of guanidine groups is 2. The van der Waals surface area contributed by atoms with Crippen molar-refractivity contribution in [2.24, 2.45) is 21.5 Å². The molecule has 16 N–H and O–H groups in total. The van der Waals surface area contributed by atoms with Crippen LogP contribution in [0.4, 0.5) is 23.3 Å². The third-order valence-corrected chi connectivity index (χ3v) is 9.50. The van der Waals surface area contributed by atoms with Crippen LogP contribution in [0.3, 0.4) is 0 Å². The molecule has 0 radical (unpaired) electrons. The van der Waals surface area contributed by atoms with Crippen LogP contribution >= 0.6 is 23.2 Å². The maximum Gasteiger partial charge on any atom is 0.309 e. The van der Waals surface area contributed by atoms with Gasteiger partial charge in [0.25, 0.3) is 11.8 Å². The molecular formula is C42H56Cl2N16O10. The molecular weight excluding hydrogens is 959 g/mol. The Morgan fingerprint density at radius 2 is 0.829 bits per heavy atom. The lowest BCUT2D eigenvalue weighted by molar-refractivity contribution is -0.139. The zero-order chi connectivity index (χ0) is 50.7. The molecule has 2 aromatic carbocycles. The Morgan fingerprint density at radius 1 is 0.486 bits per heavy atom. The summed E-state index contributed by atoms with van der Waals surface area (Å²) in [6, 6.07) is 14.8. The largest absolute Gasteiger partial charge is 0.491 e. The van der Waals surface area contributed by atoms with Gasteiger partial charge >= 0.3 is 11.8 Å². The molecule has 0 fully saturated rings. The van der Waals surface area contributed by atoms with Crippen LogP contribution in [0, 0.1) is 0 Å². The van der Waals surface area contributed by atoms with E-state index in [1.54, 1.807) is 0 Å². The molecule has 0 atom stereocenters. The first-order valence-electron chi connectivity index (χ1n) is 21.4. The molecule has 4 aromatic rings. The minimum Gasteiger partial charge on any atom is -0.491 e. The molecule has 4 rings (SSSR count). The number of nitrogens with one attached hydrogen (secondary N) is 4. The number of ether oxygens (including phenoxy) is 6. The van der Waals surface area contributed by atoms with Crippen molar-refractivity contribution in [3.05, 3.63) is 81.4 Å². The molecule has 0 saturated heterocycles. The van der Waals surface area contributed by atoms with Gasteiger partial charge in [-0.2, -0.15) is 0 Å². The summed E-state index contributed by atoms with van der Waals surface area (Å²) in [5.41, 5.74) is 35.5. The summed E-state index contributed by atoms with van der Waals surface area (Å²) in [7, 11) is 0. The molecule has 70 heavy (non-hydrogen) atoms. The van der Waals surface area contributed by atoms with Crippen LogP contribution in [0.15, 0.2) is 58.5 Å². The van der Waals surface area contributed by atoms with Crippen molar-refractivity contribution in [3.8, 4) is 11.5 Å². The number of carbonyl (C=O) groups is 4. The van der Waals surface area contributed by atoms with Gasteiger partial charge in [-0.25, -0.2) is 19.9 Å². The molecule has 0 spiro atoms. The summed E-state index contributed by atoms with van der Waals surface area (Å²) in [5, 5.41) is 9.42. The number of anilines is 4. The van der Waals surface area contributed by atoms with Crippen LogP contribution in [0.5, 0.6) is 11.5 Å². The van der Waals surface area contributed by atoms with Gasteiger partial charge in [-0.3, -0.25) is 39.8 Å². The molecule has 0 aliphatic rings. The van der Waals surface area contributed by atoms with Crippen molar-refractivity contribution in [2.75, 3.05) is 115 Å². The smallest absolute Gasteiger partial charge is 0.309 e. The van der Waals surface area contributed by atoms with Crippen LogP contribution < -0.4 is 65.1 Å². The Labute approximate surface area is 411 Å². The summed E-state index contributed by atoms with van der Waals surface area (Å²) in [4.78, 5) is 72.2. The van der Waals surface area contributed by atoms with Gasteiger partial charge in [0, 0.05) is 26.2 Å². The highest BCUT2D eigenvalue weighted by molar-refractivity contribution is 6.35. The van der Waals surface area contributed by atoms with Crippen molar-refractivity contribution in [3.63, 3.8) is 0 Å². The number of amides is 4. The number of benzene rings is 2. The number of nitrogens with two attached hydrogens (primary N) is 6. The van der Waals surface area contributed by atoms with E-state index in [2.05, 4.69) is 51.2 Å². The second kappa shape index (κ2) is 30.2. The van der Waals surface area contributed by atoms with Gasteiger partial charge < -0.3 is 73.5 Å². The number of nitrogens with zero attached hydrogens (tertiary/aromatic N) is 6. The van der Waals surface area contributed by atoms with Crippen LogP contribution in [0.2, 0.25) is 10.3 Å². The Morgan fingerprint density at radius 3 is 1.20 bits per heavy atom. The van der Waals surface area contributed by atoms with E-state index in [0.717, 1.165) is 11.1 Å². The predicted octanol–water partition coefficient (Wildman–Crippen LogP) is -0.767. The van der Waals surface area contributed by atoms with E-state index in [1.807, 2.05) is 48.5 Å². The maximum absolute atomic E-state index is 12.4. The van der Waals surface area contributed by atoms with Crippen LogP contribution in [0.25, 0.3) is 0 Å². The zero-order valence-corrected chi connectivity index (χ0v) is 39.4. The summed E-state index contributed by atoms with van der Waals surface area (Å²) in [5.74, 6) is -2.51. The number of carbonyl (C=O) groups excluding carboxylic acids is 4. The normalized spacial score (nSPS) is 11.5. The molecule has 26 nitrogen and oxygen atoms in total. The molecule has 0 saturated carbocycles. The van der Waals surface area contributed by atoms with E-state index < -0.39 is 23.6 Å². The fraction of sp³-hybridized carbons (Fsp3) is 0.381. The summed E-state index contributed by atoms with van der Waals surface area (Å²) >= 11 is 11.6. The highest BCUT2D eigenvalue weighted by Crippen LogP contribution is 2.19. The number of aliphatic imine (C=N–C) groups is 2. The number of halogens is 2. The van der Waals surface area contributed by atoms with Crippen molar-refractivity contribution in [1.29, 1.82) is 0 Å². The van der Waals surface area contributed by atoms with E-state index in [0.29, 0.717) is 77.1 Å². The van der Waals surface area contributed by atoms with Gasteiger partial charge in [0.15, 0.2) is 56.9 Å². The number of aromatic nitrogens is 4. The van der Waals surface area contributed by atoms with Crippen LogP contribution in [-0.2, 0) is 41.4 Å². The van der Waals surface area contributed by atoms with Crippen LogP contribution in [-0.4, -0.2) is 148 Å². The Hall–Kier alpha value is -7.36. The minimum absolute atomic E-state index is 0.0955. The summed E-state index contributed by atoms with van der Waals surface area (Å²) in [6.45, 7) is 3.75. The van der Waals surface area contributed by atoms with E-state index in [-0.39, 0.29) is 96.4 Å². The highest BCUT2D eigenvalue weighted by atomic mass is 35.5. The summed E-state index contributed by atoms with van der Waals surface area (Å²) < 4.78 is 33.3. The number of rotatable bonds is 28. The first-order chi connectivity index (χ1) is 33.7. The van der Waals surface area contributed by atoms with Crippen LogP contribution in [0.1, 0.15) is 32.1 Å². The molecule has 4 amide bonds. The molecule has 0 aliphatic heterocycles. The van der Waals surface area contributed by atoms with E-state index >= 15 is 0 Å². The quantitative estimate of drug-likeness (QED) is 0.0145. The monoisotopic (exact) mass is 1010 g/mol. The highest BCUT2D eigenvalue weighted by Gasteiger charge is 2.18. The molecule has 0 unspecified atom stereocenters.